The van der Waals surface area contributed by atoms with Gasteiger partial charge in [-0.15, -0.1) is 0 Å². The van der Waals surface area contributed by atoms with Crippen LogP contribution >= 0.6 is 0 Å². The van der Waals surface area contributed by atoms with Crippen LogP contribution in [-0.2, 0) is 30.2 Å². The first kappa shape index (κ1) is 29.7. The second kappa shape index (κ2) is 11.5. The van der Waals surface area contributed by atoms with E-state index >= 15 is 0 Å². The Kier molecular flexibility index (Phi) is 8.29. The molecule has 0 saturated carbocycles. The Balaban J connectivity index is 1.48. The highest BCUT2D eigenvalue weighted by Crippen LogP contribution is 2.55. The third kappa shape index (κ3) is 5.79. The Hall–Kier alpha value is -2.82. The van der Waals surface area contributed by atoms with E-state index in [-0.39, 0.29) is 25.7 Å². The number of carbonyl (C=O) groups is 2. The maximum Gasteiger partial charge on any atom is 0.339 e. The molecule has 5 rings (SSSR count). The second-order valence-corrected chi connectivity index (χ2v) is 12.4. The molecule has 1 aromatic carbocycles. The predicted molar refractivity (Wildman–Crippen MR) is 148 cm³/mol. The highest BCUT2D eigenvalue weighted by Gasteiger charge is 2.59. The van der Waals surface area contributed by atoms with Crippen molar-refractivity contribution in [3.8, 4) is 11.5 Å². The van der Waals surface area contributed by atoms with Crippen molar-refractivity contribution in [2.75, 3.05) is 33.6 Å². The van der Waals surface area contributed by atoms with E-state index in [1.54, 1.807) is 21.0 Å². The molecule has 226 valence electrons. The number of nitrogens with zero attached hydrogens (tertiary/aromatic N) is 1. The number of hydrogen-bond donors (Lipinski definition) is 2. The summed E-state index contributed by atoms with van der Waals surface area (Å²) < 4.78 is 28.7. The fourth-order valence-corrected chi connectivity index (χ4v) is 6.90. The zero-order valence-electron chi connectivity index (χ0n) is 24.6. The number of ether oxygens (including phenoxy) is 5. The molecule has 0 amide bonds. The maximum atomic E-state index is 13.9. The van der Waals surface area contributed by atoms with Crippen molar-refractivity contribution in [1.82, 2.24) is 4.90 Å². The summed E-state index contributed by atoms with van der Waals surface area (Å²) in [7, 11) is 1.56. The number of methoxy groups -OCH3 is 1. The molecule has 4 atom stereocenters. The van der Waals surface area contributed by atoms with Crippen molar-refractivity contribution in [1.29, 1.82) is 0 Å². The molecule has 0 radical (unpaired) electrons. The lowest BCUT2D eigenvalue weighted by molar-refractivity contribution is -0.179. The summed E-state index contributed by atoms with van der Waals surface area (Å²) in [6.07, 6.45) is 4.60. The van der Waals surface area contributed by atoms with Gasteiger partial charge in [0.25, 0.3) is 0 Å². The van der Waals surface area contributed by atoms with Gasteiger partial charge in [0.15, 0.2) is 23.2 Å². The Morgan fingerprint density at radius 1 is 1.15 bits per heavy atom. The first-order chi connectivity index (χ1) is 19.5. The van der Waals surface area contributed by atoms with Crippen LogP contribution in [0.2, 0.25) is 0 Å². The van der Waals surface area contributed by atoms with Crippen LogP contribution in [0.4, 0.5) is 0 Å². The fourth-order valence-electron chi connectivity index (χ4n) is 6.90. The number of hydrogen-bond acceptors (Lipinski definition) is 10. The molecule has 10 nitrogen and oxygen atoms in total. The quantitative estimate of drug-likeness (QED) is 0.381. The third-order valence-electron chi connectivity index (χ3n) is 8.86. The van der Waals surface area contributed by atoms with Gasteiger partial charge in [-0.05, 0) is 94.7 Å². The highest BCUT2D eigenvalue weighted by atomic mass is 16.7. The first-order valence-corrected chi connectivity index (χ1v) is 14.8. The lowest BCUT2D eigenvalue weighted by Crippen LogP contribution is -2.49. The number of aliphatic hydroxyl groups is 2. The molecule has 3 aliphatic heterocycles. The van der Waals surface area contributed by atoms with Crippen LogP contribution in [0.25, 0.3) is 0 Å². The molecule has 1 aromatic rings. The van der Waals surface area contributed by atoms with Crippen LogP contribution in [0.15, 0.2) is 24.0 Å². The normalized spacial score (nSPS) is 26.2. The Morgan fingerprint density at radius 3 is 2.61 bits per heavy atom. The van der Waals surface area contributed by atoms with Crippen LogP contribution in [0.1, 0.15) is 82.8 Å². The van der Waals surface area contributed by atoms with Crippen molar-refractivity contribution in [3.05, 3.63) is 35.1 Å². The zero-order valence-corrected chi connectivity index (χ0v) is 24.6. The van der Waals surface area contributed by atoms with Crippen LogP contribution in [0, 0.1) is 0 Å². The summed E-state index contributed by atoms with van der Waals surface area (Å²) in [6, 6.07) is 4.02. The van der Waals surface area contributed by atoms with Crippen molar-refractivity contribution in [2.24, 2.45) is 0 Å². The van der Waals surface area contributed by atoms with E-state index in [4.69, 9.17) is 23.7 Å². The highest BCUT2D eigenvalue weighted by molar-refractivity contribution is 5.86. The van der Waals surface area contributed by atoms with E-state index in [1.165, 1.54) is 0 Å². The van der Waals surface area contributed by atoms with E-state index < -0.39 is 41.2 Å². The van der Waals surface area contributed by atoms with E-state index in [0.29, 0.717) is 36.5 Å². The lowest BCUT2D eigenvalue weighted by Gasteiger charge is -2.39. The summed E-state index contributed by atoms with van der Waals surface area (Å²) >= 11 is 0. The van der Waals surface area contributed by atoms with Gasteiger partial charge in [-0.1, -0.05) is 6.92 Å². The number of esters is 2. The standard InChI is InChI=1S/C31H43NO9/c1-5-14-38-25(33)18-31(36,11-6-9-29(2,3)35)28(34)41-27-24(37-4)17-30-10-7-12-32(30)13-8-20-15-22-23(40-19-39-22)16-21(20)26(27)30/h15-17,26-27,35-36H,5-14,18-19H2,1-4H3/t26-,27?,30+,31?/m1/s1. The first-order valence-electron chi connectivity index (χ1n) is 14.8. The molecule has 2 N–H and O–H groups in total. The molecule has 10 heteroatoms. The van der Waals surface area contributed by atoms with E-state index in [0.717, 1.165) is 43.5 Å². The van der Waals surface area contributed by atoms with Crippen molar-refractivity contribution in [3.63, 3.8) is 0 Å². The maximum absolute atomic E-state index is 13.9. The monoisotopic (exact) mass is 573 g/mol. The second-order valence-electron chi connectivity index (χ2n) is 12.4. The zero-order chi connectivity index (χ0) is 29.4. The molecule has 4 aliphatic rings. The van der Waals surface area contributed by atoms with E-state index in [1.807, 2.05) is 19.1 Å². The average molecular weight is 574 g/mol. The van der Waals surface area contributed by atoms with Gasteiger partial charge in [-0.3, -0.25) is 9.69 Å². The van der Waals surface area contributed by atoms with Gasteiger partial charge in [-0.2, -0.15) is 0 Å². The van der Waals surface area contributed by atoms with Gasteiger partial charge < -0.3 is 33.9 Å². The van der Waals surface area contributed by atoms with Crippen molar-refractivity contribution < 1.29 is 43.5 Å². The van der Waals surface area contributed by atoms with Gasteiger partial charge in [0.1, 0.15) is 5.76 Å². The topological polar surface area (TPSA) is 124 Å². The summed E-state index contributed by atoms with van der Waals surface area (Å²) in [5.74, 6) is 0.00940. The van der Waals surface area contributed by atoms with E-state index in [9.17, 15) is 19.8 Å². The smallest absolute Gasteiger partial charge is 0.339 e. The molecule has 1 saturated heterocycles. The lowest BCUT2D eigenvalue weighted by atomic mass is 9.77. The molecule has 0 bridgehead atoms. The van der Waals surface area contributed by atoms with Gasteiger partial charge in [0.2, 0.25) is 6.79 Å². The number of carbonyl (C=O) groups excluding carboxylic acids is 2. The molecule has 3 heterocycles. The minimum atomic E-state index is -2.12. The van der Waals surface area contributed by atoms with Gasteiger partial charge in [-0.25, -0.2) is 4.79 Å². The fraction of sp³-hybridized carbons (Fsp3) is 0.677. The predicted octanol–water partition coefficient (Wildman–Crippen LogP) is 3.36. The van der Waals surface area contributed by atoms with Gasteiger partial charge >= 0.3 is 11.9 Å². The van der Waals surface area contributed by atoms with E-state index in [2.05, 4.69) is 11.0 Å². The average Bonchev–Trinajstić information content (AvgIpc) is 3.60. The molecule has 1 aliphatic carbocycles. The molecular formula is C31H43NO9. The Morgan fingerprint density at radius 2 is 1.90 bits per heavy atom. The van der Waals surface area contributed by atoms with Crippen LogP contribution in [0.5, 0.6) is 11.5 Å². The van der Waals surface area contributed by atoms with Crippen molar-refractivity contribution in [2.45, 2.75) is 101 Å². The summed E-state index contributed by atoms with van der Waals surface area (Å²) in [4.78, 5) is 29.0. The van der Waals surface area contributed by atoms with Crippen LogP contribution < -0.4 is 9.47 Å². The number of rotatable bonds is 11. The Bertz CT molecular complexity index is 1190. The molecule has 1 fully saturated rings. The number of fused-ring (bicyclic) bond motifs is 3. The molecule has 41 heavy (non-hydrogen) atoms. The summed E-state index contributed by atoms with van der Waals surface area (Å²) in [6.45, 7) is 7.30. The van der Waals surface area contributed by atoms with Crippen LogP contribution in [-0.4, -0.2) is 83.5 Å². The minimum absolute atomic E-state index is 0.0625. The third-order valence-corrected chi connectivity index (χ3v) is 8.86. The molecule has 2 unspecified atom stereocenters. The van der Waals surface area contributed by atoms with Gasteiger partial charge in [0, 0.05) is 6.54 Å². The number of benzene rings is 1. The summed E-state index contributed by atoms with van der Waals surface area (Å²) in [5.41, 5.74) is -1.42. The minimum Gasteiger partial charge on any atom is -0.497 e. The molecular weight excluding hydrogens is 530 g/mol. The van der Waals surface area contributed by atoms with Crippen LogP contribution in [0.3, 0.4) is 0 Å². The SMILES string of the molecule is CCCOC(=O)CC(O)(CCCC(C)(C)O)C(=O)OC1C(OC)=C[C@]23CCCN2CCc2cc4c(cc2[C@H]13)OCO4. The van der Waals surface area contributed by atoms with Gasteiger partial charge in [0.05, 0.1) is 37.2 Å². The van der Waals surface area contributed by atoms with Crippen molar-refractivity contribution >= 4 is 11.9 Å². The molecule has 0 aromatic heterocycles. The molecule has 1 spiro atoms. The largest absolute Gasteiger partial charge is 0.497 e. The summed E-state index contributed by atoms with van der Waals surface area (Å²) in [5, 5.41) is 21.9. The Labute approximate surface area is 241 Å².